The zero-order chi connectivity index (χ0) is 21.3. The van der Waals surface area contributed by atoms with Crippen molar-refractivity contribution in [2.45, 2.75) is 83.8 Å². The molecule has 8 atom stereocenters. The van der Waals surface area contributed by atoms with Crippen LogP contribution < -0.4 is 0 Å². The van der Waals surface area contributed by atoms with E-state index in [0.29, 0.717) is 23.4 Å². The quantitative estimate of drug-likeness (QED) is 0.472. The van der Waals surface area contributed by atoms with Crippen LogP contribution in [0.5, 0.6) is 0 Å². The number of allylic oxidation sites excluding steroid dienone is 1. The lowest BCUT2D eigenvalue weighted by Crippen LogP contribution is -2.56. The molecular weight excluding hydrogens is 376 g/mol. The van der Waals surface area contributed by atoms with Gasteiger partial charge in [-0.2, -0.15) is 0 Å². The second-order valence-electron chi connectivity index (χ2n) is 11.3. The number of hydrogen-bond acceptors (Lipinski definition) is 4. The molecule has 4 heteroatoms. The van der Waals surface area contributed by atoms with Crippen LogP contribution >= 0.6 is 0 Å². The van der Waals surface area contributed by atoms with E-state index in [2.05, 4.69) is 19.9 Å². The number of hydrogen-bond donors (Lipinski definition) is 0. The van der Waals surface area contributed by atoms with E-state index in [9.17, 15) is 9.59 Å². The maximum atomic E-state index is 12.9. The molecule has 0 radical (unpaired) electrons. The molecule has 0 amide bonds. The molecule has 3 fully saturated rings. The Morgan fingerprint density at radius 3 is 2.57 bits per heavy atom. The summed E-state index contributed by atoms with van der Waals surface area (Å²) in [6.45, 7) is 6.77. The van der Waals surface area contributed by atoms with Crippen LogP contribution in [0.3, 0.4) is 0 Å². The predicted octanol–water partition coefficient (Wildman–Crippen LogP) is 5.02. The van der Waals surface area contributed by atoms with Crippen LogP contribution in [0.4, 0.5) is 0 Å². The fourth-order valence-electron chi connectivity index (χ4n) is 8.58. The lowest BCUT2D eigenvalue weighted by Gasteiger charge is -2.59. The number of fused-ring (bicyclic) bond motifs is 5. The van der Waals surface area contributed by atoms with E-state index in [4.69, 9.17) is 9.47 Å². The van der Waals surface area contributed by atoms with Crippen LogP contribution in [0.1, 0.15) is 72.1 Å². The lowest BCUT2D eigenvalue weighted by molar-refractivity contribution is -0.176. The van der Waals surface area contributed by atoms with Gasteiger partial charge in [0.25, 0.3) is 0 Å². The van der Waals surface area contributed by atoms with Gasteiger partial charge in [0.05, 0.1) is 6.10 Å². The highest BCUT2D eigenvalue weighted by atomic mass is 16.6. The van der Waals surface area contributed by atoms with Crippen molar-refractivity contribution in [1.82, 2.24) is 0 Å². The topological polar surface area (TPSA) is 52.6 Å². The van der Waals surface area contributed by atoms with Gasteiger partial charge in [0.15, 0.2) is 11.4 Å². The molecule has 0 aromatic carbocycles. The van der Waals surface area contributed by atoms with Gasteiger partial charge in [-0.25, -0.2) is 4.79 Å². The molecule has 4 nitrogen and oxygen atoms in total. The number of carbonyl (C=O) groups is 2. The molecule has 5 rings (SSSR count). The Morgan fingerprint density at radius 2 is 1.80 bits per heavy atom. The molecule has 0 unspecified atom stereocenters. The second kappa shape index (κ2) is 6.79. The van der Waals surface area contributed by atoms with Gasteiger partial charge in [-0.3, -0.25) is 4.79 Å². The molecule has 0 bridgehead atoms. The first-order valence-corrected chi connectivity index (χ1v) is 11.9. The third kappa shape index (κ3) is 2.68. The Balaban J connectivity index is 1.45. The molecule has 1 aliphatic heterocycles. The Morgan fingerprint density at radius 1 is 1.00 bits per heavy atom. The van der Waals surface area contributed by atoms with Crippen molar-refractivity contribution in [2.24, 2.45) is 34.5 Å². The van der Waals surface area contributed by atoms with Gasteiger partial charge in [0, 0.05) is 19.1 Å². The zero-order valence-electron chi connectivity index (χ0n) is 18.9. The normalized spacial score (nSPS) is 50.3. The fraction of sp³-hybridized carbons (Fsp3) is 0.769. The van der Waals surface area contributed by atoms with Crippen molar-refractivity contribution in [3.05, 3.63) is 23.8 Å². The standard InChI is InChI=1S/C26H36O4/c1-24-13-11-17(29-4)15-16(24)5-6-18-19-7-8-21(25(19,2)14-12-20(18)24)26(3)22(27)9-10-23(28)30-26/h5,9-10,17-21H,6-8,11-15H2,1-4H3/t17-,18-,19-,20-,21-,24-,25-,26+/m0/s1. The van der Waals surface area contributed by atoms with Crippen LogP contribution in [0.25, 0.3) is 0 Å². The van der Waals surface area contributed by atoms with Gasteiger partial charge in [-0.1, -0.05) is 25.5 Å². The van der Waals surface area contributed by atoms with Gasteiger partial charge >= 0.3 is 5.97 Å². The van der Waals surface area contributed by atoms with E-state index in [-0.39, 0.29) is 23.1 Å². The summed E-state index contributed by atoms with van der Waals surface area (Å²) in [5.41, 5.74) is 0.992. The zero-order valence-corrected chi connectivity index (χ0v) is 18.9. The van der Waals surface area contributed by atoms with E-state index in [0.717, 1.165) is 44.4 Å². The van der Waals surface area contributed by atoms with Crippen LogP contribution in [-0.4, -0.2) is 30.6 Å². The Bertz CT molecular complexity index is 827. The lowest BCUT2D eigenvalue weighted by atomic mass is 9.46. The molecule has 164 valence electrons. The molecule has 3 saturated carbocycles. The van der Waals surface area contributed by atoms with Crippen LogP contribution in [-0.2, 0) is 19.1 Å². The molecule has 30 heavy (non-hydrogen) atoms. The largest absolute Gasteiger partial charge is 0.447 e. The highest BCUT2D eigenvalue weighted by Gasteiger charge is 2.64. The number of esters is 1. The van der Waals surface area contributed by atoms with Gasteiger partial charge in [-0.15, -0.1) is 0 Å². The highest BCUT2D eigenvalue weighted by molar-refractivity contribution is 6.05. The van der Waals surface area contributed by atoms with Crippen LogP contribution in [0.15, 0.2) is 23.8 Å². The number of cyclic esters (lactones) is 1. The minimum atomic E-state index is -1.00. The smallest absolute Gasteiger partial charge is 0.331 e. The third-order valence-corrected chi connectivity index (χ3v) is 10.2. The Kier molecular flexibility index (Phi) is 4.63. The van der Waals surface area contributed by atoms with E-state index >= 15 is 0 Å². The average Bonchev–Trinajstić information content (AvgIpc) is 3.08. The van der Waals surface area contributed by atoms with Gasteiger partial charge < -0.3 is 9.47 Å². The summed E-state index contributed by atoms with van der Waals surface area (Å²) >= 11 is 0. The van der Waals surface area contributed by atoms with Crippen LogP contribution in [0, 0.1) is 34.5 Å². The van der Waals surface area contributed by atoms with Crippen molar-refractivity contribution < 1.29 is 19.1 Å². The number of ether oxygens (including phenoxy) is 2. The summed E-state index contributed by atoms with van der Waals surface area (Å²) in [7, 11) is 1.85. The first-order valence-electron chi connectivity index (χ1n) is 11.9. The molecule has 1 heterocycles. The SMILES string of the molecule is CO[C@H]1CC[C@@]2(C)C(=CC[C@H]3[C@@H]4CC[C@H]([C@@]5(C)OC(=O)C=CC5=O)[C@@]4(C)CC[C@@H]32)C1. The van der Waals surface area contributed by atoms with Crippen molar-refractivity contribution in [2.75, 3.05) is 7.11 Å². The monoisotopic (exact) mass is 412 g/mol. The second-order valence-corrected chi connectivity index (χ2v) is 11.3. The molecule has 5 aliphatic rings. The minimum absolute atomic E-state index is 0.0354. The summed E-state index contributed by atoms with van der Waals surface area (Å²) in [5, 5.41) is 0. The molecule has 0 spiro atoms. The third-order valence-electron chi connectivity index (χ3n) is 10.2. The van der Waals surface area contributed by atoms with Gasteiger partial charge in [-0.05, 0) is 93.0 Å². The number of carbonyl (C=O) groups excluding carboxylic acids is 2. The van der Waals surface area contributed by atoms with E-state index < -0.39 is 5.60 Å². The highest BCUT2D eigenvalue weighted by Crippen LogP contribution is 2.68. The first-order chi connectivity index (χ1) is 14.2. The summed E-state index contributed by atoms with van der Waals surface area (Å²) in [5.74, 6) is 1.71. The van der Waals surface area contributed by atoms with E-state index in [1.165, 1.54) is 25.0 Å². The maximum absolute atomic E-state index is 12.9. The molecule has 4 aliphatic carbocycles. The van der Waals surface area contributed by atoms with E-state index in [1.54, 1.807) is 5.57 Å². The maximum Gasteiger partial charge on any atom is 0.331 e. The van der Waals surface area contributed by atoms with Crippen molar-refractivity contribution in [3.63, 3.8) is 0 Å². The summed E-state index contributed by atoms with van der Waals surface area (Å²) in [4.78, 5) is 24.9. The molecular formula is C26H36O4. The van der Waals surface area contributed by atoms with Crippen LogP contribution in [0.2, 0.25) is 0 Å². The summed E-state index contributed by atoms with van der Waals surface area (Å²) in [6, 6.07) is 0. The molecule has 0 saturated heterocycles. The van der Waals surface area contributed by atoms with E-state index in [1.807, 2.05) is 14.0 Å². The molecule has 0 aromatic heterocycles. The Hall–Kier alpha value is -1.42. The number of rotatable bonds is 2. The number of methoxy groups -OCH3 is 1. The minimum Gasteiger partial charge on any atom is -0.447 e. The number of ketones is 1. The average molecular weight is 413 g/mol. The summed E-state index contributed by atoms with van der Waals surface area (Å²) < 4.78 is 11.4. The molecule has 0 N–H and O–H groups in total. The van der Waals surface area contributed by atoms with Crippen molar-refractivity contribution >= 4 is 11.8 Å². The van der Waals surface area contributed by atoms with Crippen molar-refractivity contribution in [3.8, 4) is 0 Å². The predicted molar refractivity (Wildman–Crippen MR) is 115 cm³/mol. The van der Waals surface area contributed by atoms with Crippen molar-refractivity contribution in [1.29, 1.82) is 0 Å². The van der Waals surface area contributed by atoms with Gasteiger partial charge in [0.2, 0.25) is 0 Å². The van der Waals surface area contributed by atoms with Gasteiger partial charge in [0.1, 0.15) is 0 Å². The first kappa shape index (κ1) is 20.5. The molecule has 0 aromatic rings. The Labute approximate surface area is 180 Å². The fourth-order valence-corrected chi connectivity index (χ4v) is 8.58. The summed E-state index contributed by atoms with van der Waals surface area (Å²) in [6.07, 6.45) is 14.7.